The maximum absolute atomic E-state index is 11.3. The van der Waals surface area contributed by atoms with Crippen molar-refractivity contribution in [2.75, 3.05) is 0 Å². The first kappa shape index (κ1) is 10.2. The van der Waals surface area contributed by atoms with Crippen molar-refractivity contribution >= 4 is 28.7 Å². The first-order valence-electron chi connectivity index (χ1n) is 3.86. The van der Waals surface area contributed by atoms with E-state index in [4.69, 9.17) is 16.9 Å². The molecule has 0 fully saturated rings. The quantitative estimate of drug-likeness (QED) is 0.775. The zero-order valence-electron chi connectivity index (χ0n) is 7.08. The van der Waals surface area contributed by atoms with E-state index in [1.165, 1.54) is 11.3 Å². The van der Waals surface area contributed by atoms with Crippen molar-refractivity contribution in [3.63, 3.8) is 0 Å². The number of carbonyl (C=O) groups excluding carboxylic acids is 1. The standard InChI is InChI=1S/C9H8ClNOS/c1-2-7(12)6(5-11)8-3-4-9(10)13-8/h3-4,6H,2H2,1H3. The normalized spacial score (nSPS) is 12.1. The number of nitriles is 1. The molecule has 1 rings (SSSR count). The largest absolute Gasteiger partial charge is 0.298 e. The molecule has 2 nitrogen and oxygen atoms in total. The molecule has 0 radical (unpaired) electrons. The molecular weight excluding hydrogens is 206 g/mol. The molecule has 13 heavy (non-hydrogen) atoms. The lowest BCUT2D eigenvalue weighted by molar-refractivity contribution is -0.119. The van der Waals surface area contributed by atoms with Crippen LogP contribution in [0.4, 0.5) is 0 Å². The van der Waals surface area contributed by atoms with E-state index in [9.17, 15) is 4.79 Å². The van der Waals surface area contributed by atoms with E-state index in [0.29, 0.717) is 10.8 Å². The van der Waals surface area contributed by atoms with Gasteiger partial charge in [0.1, 0.15) is 5.92 Å². The highest BCUT2D eigenvalue weighted by Crippen LogP contribution is 2.28. The van der Waals surface area contributed by atoms with Gasteiger partial charge >= 0.3 is 0 Å². The van der Waals surface area contributed by atoms with Crippen molar-refractivity contribution in [2.45, 2.75) is 19.3 Å². The first-order chi connectivity index (χ1) is 6.19. The van der Waals surface area contributed by atoms with Crippen LogP contribution in [0.3, 0.4) is 0 Å². The summed E-state index contributed by atoms with van der Waals surface area (Å²) in [6, 6.07) is 5.42. The molecule has 0 saturated carbocycles. The molecule has 0 aromatic carbocycles. The maximum atomic E-state index is 11.3. The molecule has 0 aliphatic rings. The molecule has 4 heteroatoms. The number of halogens is 1. The lowest BCUT2D eigenvalue weighted by atomic mass is 10.0. The fourth-order valence-electron chi connectivity index (χ4n) is 0.982. The van der Waals surface area contributed by atoms with Crippen molar-refractivity contribution in [1.29, 1.82) is 5.26 Å². The van der Waals surface area contributed by atoms with Gasteiger partial charge in [0, 0.05) is 11.3 Å². The summed E-state index contributed by atoms with van der Waals surface area (Å²) in [7, 11) is 0. The molecule has 0 amide bonds. The SMILES string of the molecule is CCC(=O)C(C#N)c1ccc(Cl)s1. The zero-order valence-corrected chi connectivity index (χ0v) is 8.65. The molecule has 1 heterocycles. The number of hydrogen-bond donors (Lipinski definition) is 0. The summed E-state index contributed by atoms with van der Waals surface area (Å²) in [5, 5.41) is 8.78. The summed E-state index contributed by atoms with van der Waals surface area (Å²) >= 11 is 6.99. The summed E-state index contributed by atoms with van der Waals surface area (Å²) < 4.78 is 0.610. The highest BCUT2D eigenvalue weighted by atomic mass is 35.5. The van der Waals surface area contributed by atoms with Gasteiger partial charge in [0.2, 0.25) is 0 Å². The molecule has 1 aromatic rings. The predicted molar refractivity (Wildman–Crippen MR) is 53.0 cm³/mol. The molecule has 0 N–H and O–H groups in total. The van der Waals surface area contributed by atoms with Crippen molar-refractivity contribution in [3.8, 4) is 6.07 Å². The third-order valence-corrected chi connectivity index (χ3v) is 2.97. The van der Waals surface area contributed by atoms with Crippen molar-refractivity contribution in [2.24, 2.45) is 0 Å². The average molecular weight is 214 g/mol. The number of Topliss-reactive ketones (excluding diaryl/α,β-unsaturated/α-hetero) is 1. The van der Waals surface area contributed by atoms with Gasteiger partial charge in [-0.25, -0.2) is 0 Å². The number of carbonyl (C=O) groups is 1. The minimum atomic E-state index is -0.637. The summed E-state index contributed by atoms with van der Waals surface area (Å²) in [5.41, 5.74) is 0. The molecule has 0 bridgehead atoms. The highest BCUT2D eigenvalue weighted by molar-refractivity contribution is 7.16. The third-order valence-electron chi connectivity index (χ3n) is 1.68. The molecule has 1 unspecified atom stereocenters. The Bertz CT molecular complexity index is 353. The van der Waals surface area contributed by atoms with Crippen LogP contribution in [0.2, 0.25) is 4.34 Å². The second kappa shape index (κ2) is 4.40. The van der Waals surface area contributed by atoms with Crippen LogP contribution in [0, 0.1) is 11.3 Å². The van der Waals surface area contributed by atoms with Crippen molar-refractivity contribution < 1.29 is 4.79 Å². The zero-order chi connectivity index (χ0) is 9.84. The van der Waals surface area contributed by atoms with Crippen LogP contribution in [0.5, 0.6) is 0 Å². The van der Waals surface area contributed by atoms with Gasteiger partial charge < -0.3 is 0 Å². The number of ketones is 1. The van der Waals surface area contributed by atoms with Gasteiger partial charge in [-0.1, -0.05) is 18.5 Å². The van der Waals surface area contributed by atoms with E-state index in [1.807, 2.05) is 6.07 Å². The Kier molecular flexibility index (Phi) is 3.47. The second-order valence-electron chi connectivity index (χ2n) is 2.52. The third kappa shape index (κ3) is 2.30. The smallest absolute Gasteiger partial charge is 0.155 e. The second-order valence-corrected chi connectivity index (χ2v) is 4.27. The van der Waals surface area contributed by atoms with Gasteiger partial charge in [-0.15, -0.1) is 11.3 Å². The topological polar surface area (TPSA) is 40.9 Å². The van der Waals surface area contributed by atoms with E-state index in [2.05, 4.69) is 0 Å². The number of rotatable bonds is 3. The Labute approximate surface area is 85.8 Å². The van der Waals surface area contributed by atoms with Crippen LogP contribution in [0.1, 0.15) is 24.1 Å². The van der Waals surface area contributed by atoms with Crippen LogP contribution in [-0.2, 0) is 4.79 Å². The van der Waals surface area contributed by atoms with Crippen molar-refractivity contribution in [1.82, 2.24) is 0 Å². The first-order valence-corrected chi connectivity index (χ1v) is 5.06. The van der Waals surface area contributed by atoms with Gasteiger partial charge in [0.15, 0.2) is 5.78 Å². The van der Waals surface area contributed by atoms with Crippen LogP contribution in [0.15, 0.2) is 12.1 Å². The molecule has 0 aliphatic carbocycles. The fraction of sp³-hybridized carbons (Fsp3) is 0.333. The predicted octanol–water partition coefficient (Wildman–Crippen LogP) is 2.99. The Morgan fingerprint density at radius 2 is 2.46 bits per heavy atom. The maximum Gasteiger partial charge on any atom is 0.155 e. The minimum absolute atomic E-state index is 0.0546. The van der Waals surface area contributed by atoms with E-state index >= 15 is 0 Å². The van der Waals surface area contributed by atoms with Crippen LogP contribution in [-0.4, -0.2) is 5.78 Å². The Hall–Kier alpha value is -0.850. The van der Waals surface area contributed by atoms with Gasteiger partial charge in [0.05, 0.1) is 10.4 Å². The summed E-state index contributed by atoms with van der Waals surface area (Å²) in [6.45, 7) is 1.75. The van der Waals surface area contributed by atoms with Gasteiger partial charge in [0.25, 0.3) is 0 Å². The minimum Gasteiger partial charge on any atom is -0.298 e. The molecular formula is C9H8ClNOS. The highest BCUT2D eigenvalue weighted by Gasteiger charge is 2.19. The lowest BCUT2D eigenvalue weighted by Gasteiger charge is -2.01. The molecule has 1 aromatic heterocycles. The summed E-state index contributed by atoms with van der Waals surface area (Å²) in [4.78, 5) is 12.0. The number of thiophene rings is 1. The molecule has 1 atom stereocenters. The Balaban J connectivity index is 2.92. The molecule has 0 spiro atoms. The monoisotopic (exact) mass is 213 g/mol. The lowest BCUT2D eigenvalue weighted by Crippen LogP contribution is -2.07. The Morgan fingerprint density at radius 1 is 1.77 bits per heavy atom. The van der Waals surface area contributed by atoms with Gasteiger partial charge in [-0.2, -0.15) is 5.26 Å². The fourth-order valence-corrected chi connectivity index (χ4v) is 2.11. The van der Waals surface area contributed by atoms with Crippen LogP contribution in [0.25, 0.3) is 0 Å². The number of nitrogens with zero attached hydrogens (tertiary/aromatic N) is 1. The van der Waals surface area contributed by atoms with Crippen LogP contribution >= 0.6 is 22.9 Å². The van der Waals surface area contributed by atoms with E-state index in [1.54, 1.807) is 19.1 Å². The molecule has 0 aliphatic heterocycles. The van der Waals surface area contributed by atoms with E-state index < -0.39 is 5.92 Å². The molecule has 68 valence electrons. The summed E-state index contributed by atoms with van der Waals surface area (Å²) in [5.74, 6) is -0.691. The van der Waals surface area contributed by atoms with E-state index in [-0.39, 0.29) is 5.78 Å². The van der Waals surface area contributed by atoms with Gasteiger partial charge in [-0.05, 0) is 12.1 Å². The summed E-state index contributed by atoms with van der Waals surface area (Å²) in [6.07, 6.45) is 0.383. The van der Waals surface area contributed by atoms with Crippen molar-refractivity contribution in [3.05, 3.63) is 21.3 Å². The van der Waals surface area contributed by atoms with Gasteiger partial charge in [-0.3, -0.25) is 4.79 Å². The van der Waals surface area contributed by atoms with Crippen LogP contribution < -0.4 is 0 Å². The Morgan fingerprint density at radius 3 is 2.85 bits per heavy atom. The average Bonchev–Trinajstić information content (AvgIpc) is 2.53. The van der Waals surface area contributed by atoms with E-state index in [0.717, 1.165) is 4.88 Å². The molecule has 0 saturated heterocycles. The number of hydrogen-bond acceptors (Lipinski definition) is 3.